The first-order valence-electron chi connectivity index (χ1n) is 5.69. The van der Waals surface area contributed by atoms with E-state index in [-0.39, 0.29) is 17.7 Å². The van der Waals surface area contributed by atoms with Crippen LogP contribution in [0.5, 0.6) is 0 Å². The van der Waals surface area contributed by atoms with E-state index in [1.54, 1.807) is 23.6 Å². The summed E-state index contributed by atoms with van der Waals surface area (Å²) < 4.78 is 4.82. The molecule has 3 heterocycles. The minimum atomic E-state index is -0.210. The summed E-state index contributed by atoms with van der Waals surface area (Å²) in [5, 5.41) is 9.41. The molecule has 1 N–H and O–H groups in total. The summed E-state index contributed by atoms with van der Waals surface area (Å²) in [5.74, 6) is 0.0428. The number of thiazole rings is 1. The molecule has 6 nitrogen and oxygen atoms in total. The maximum Gasteiger partial charge on any atom is 0.290 e. The number of aromatic nitrogens is 2. The fourth-order valence-corrected chi connectivity index (χ4v) is 2.69. The molecule has 1 atom stereocenters. The van der Waals surface area contributed by atoms with Crippen molar-refractivity contribution in [1.82, 2.24) is 15.5 Å². The second-order valence-corrected chi connectivity index (χ2v) is 4.97. The van der Waals surface area contributed by atoms with E-state index in [0.29, 0.717) is 0 Å². The van der Waals surface area contributed by atoms with Crippen molar-refractivity contribution in [2.75, 3.05) is 18.0 Å². The Bertz CT molecular complexity index is 511. The van der Waals surface area contributed by atoms with Gasteiger partial charge in [0.15, 0.2) is 5.13 Å². The van der Waals surface area contributed by atoms with Crippen LogP contribution in [0.3, 0.4) is 0 Å². The highest BCUT2D eigenvalue weighted by Crippen LogP contribution is 2.22. The van der Waals surface area contributed by atoms with Crippen molar-refractivity contribution in [2.45, 2.75) is 12.5 Å². The van der Waals surface area contributed by atoms with E-state index in [0.717, 1.165) is 24.6 Å². The second kappa shape index (κ2) is 4.77. The smallest absolute Gasteiger partial charge is 0.290 e. The van der Waals surface area contributed by atoms with Crippen LogP contribution in [-0.2, 0) is 0 Å². The first-order valence-corrected chi connectivity index (χ1v) is 6.57. The van der Waals surface area contributed by atoms with Crippen LogP contribution in [0.2, 0.25) is 0 Å². The maximum absolute atomic E-state index is 11.8. The first kappa shape index (κ1) is 11.2. The van der Waals surface area contributed by atoms with E-state index >= 15 is 0 Å². The van der Waals surface area contributed by atoms with Gasteiger partial charge in [-0.2, -0.15) is 0 Å². The monoisotopic (exact) mass is 264 g/mol. The molecule has 0 spiro atoms. The Hall–Kier alpha value is -1.89. The fourth-order valence-electron chi connectivity index (χ4n) is 2.01. The van der Waals surface area contributed by atoms with Gasteiger partial charge in [-0.3, -0.25) is 4.79 Å². The summed E-state index contributed by atoms with van der Waals surface area (Å²) in [7, 11) is 0. The quantitative estimate of drug-likeness (QED) is 0.900. The number of amides is 1. The zero-order chi connectivity index (χ0) is 12.4. The van der Waals surface area contributed by atoms with Gasteiger partial charge in [0.2, 0.25) is 5.76 Å². The zero-order valence-electron chi connectivity index (χ0n) is 9.57. The lowest BCUT2D eigenvalue weighted by Gasteiger charge is -2.15. The van der Waals surface area contributed by atoms with Gasteiger partial charge in [0, 0.05) is 36.8 Å². The highest BCUT2D eigenvalue weighted by molar-refractivity contribution is 7.13. The average Bonchev–Trinajstić information content (AvgIpc) is 3.12. The summed E-state index contributed by atoms with van der Waals surface area (Å²) in [4.78, 5) is 18.2. The summed E-state index contributed by atoms with van der Waals surface area (Å²) in [5.41, 5.74) is 0. The van der Waals surface area contributed by atoms with Gasteiger partial charge in [0.25, 0.3) is 5.91 Å². The molecule has 18 heavy (non-hydrogen) atoms. The minimum absolute atomic E-state index is 0.131. The normalized spacial score (nSPS) is 19.1. The molecule has 0 saturated carbocycles. The van der Waals surface area contributed by atoms with E-state index in [4.69, 9.17) is 4.52 Å². The lowest BCUT2D eigenvalue weighted by atomic mass is 10.2. The summed E-state index contributed by atoms with van der Waals surface area (Å²) in [6.07, 6.45) is 4.17. The van der Waals surface area contributed by atoms with Gasteiger partial charge in [-0.25, -0.2) is 4.98 Å². The molecule has 1 aliphatic heterocycles. The zero-order valence-corrected chi connectivity index (χ0v) is 10.4. The number of hydrogen-bond donors (Lipinski definition) is 1. The summed E-state index contributed by atoms with van der Waals surface area (Å²) in [6.45, 7) is 1.70. The van der Waals surface area contributed by atoms with Crippen LogP contribution in [-0.4, -0.2) is 35.2 Å². The fraction of sp³-hybridized carbons (Fsp3) is 0.364. The number of anilines is 1. The molecule has 1 aliphatic rings. The number of carbonyl (C=O) groups is 1. The highest BCUT2D eigenvalue weighted by Gasteiger charge is 2.26. The van der Waals surface area contributed by atoms with E-state index in [1.165, 1.54) is 6.20 Å². The van der Waals surface area contributed by atoms with Gasteiger partial charge in [0.05, 0.1) is 6.20 Å². The lowest BCUT2D eigenvalue weighted by molar-refractivity contribution is 0.0903. The van der Waals surface area contributed by atoms with Crippen molar-refractivity contribution in [1.29, 1.82) is 0 Å². The predicted octanol–water partition coefficient (Wildman–Crippen LogP) is 1.14. The Labute approximate surface area is 108 Å². The predicted molar refractivity (Wildman–Crippen MR) is 66.7 cm³/mol. The molecule has 0 bridgehead atoms. The standard InChI is InChI=1S/C11H12N4O2S/c16-10(9-1-3-13-17-9)14-8-2-5-15(7-8)11-12-4-6-18-11/h1,3-4,6,8H,2,5,7H2,(H,14,16)/t8-/m0/s1. The topological polar surface area (TPSA) is 71.3 Å². The Kier molecular flexibility index (Phi) is 2.97. The number of carbonyl (C=O) groups excluding carboxylic acids is 1. The molecule has 1 saturated heterocycles. The third kappa shape index (κ3) is 2.21. The Balaban J connectivity index is 1.58. The lowest BCUT2D eigenvalue weighted by Crippen LogP contribution is -2.36. The van der Waals surface area contributed by atoms with Crippen molar-refractivity contribution in [3.8, 4) is 0 Å². The van der Waals surface area contributed by atoms with Crippen molar-refractivity contribution in [2.24, 2.45) is 0 Å². The molecule has 0 aromatic carbocycles. The van der Waals surface area contributed by atoms with E-state index in [9.17, 15) is 4.79 Å². The number of nitrogens with one attached hydrogen (secondary N) is 1. The SMILES string of the molecule is O=C(N[C@H]1CCN(c2nccs2)C1)c1ccno1. The van der Waals surface area contributed by atoms with E-state index in [2.05, 4.69) is 20.4 Å². The van der Waals surface area contributed by atoms with Crippen LogP contribution >= 0.6 is 11.3 Å². The molecule has 1 amide bonds. The summed E-state index contributed by atoms with van der Waals surface area (Å²) >= 11 is 1.61. The Morgan fingerprint density at radius 3 is 3.22 bits per heavy atom. The van der Waals surface area contributed by atoms with E-state index < -0.39 is 0 Å². The third-order valence-electron chi connectivity index (χ3n) is 2.87. The van der Waals surface area contributed by atoms with Crippen LogP contribution < -0.4 is 10.2 Å². The van der Waals surface area contributed by atoms with Crippen molar-refractivity contribution in [3.63, 3.8) is 0 Å². The van der Waals surface area contributed by atoms with Crippen LogP contribution in [0, 0.1) is 0 Å². The van der Waals surface area contributed by atoms with Gasteiger partial charge < -0.3 is 14.7 Å². The molecule has 0 unspecified atom stereocenters. The van der Waals surface area contributed by atoms with Gasteiger partial charge in [0.1, 0.15) is 0 Å². The van der Waals surface area contributed by atoms with Gasteiger partial charge >= 0.3 is 0 Å². The molecule has 1 fully saturated rings. The Morgan fingerprint density at radius 1 is 1.56 bits per heavy atom. The molecule has 94 valence electrons. The molecule has 0 aliphatic carbocycles. The molecular weight excluding hydrogens is 252 g/mol. The second-order valence-electron chi connectivity index (χ2n) is 4.10. The molecule has 7 heteroatoms. The van der Waals surface area contributed by atoms with E-state index in [1.807, 2.05) is 5.38 Å². The third-order valence-corrected chi connectivity index (χ3v) is 3.71. The minimum Gasteiger partial charge on any atom is -0.351 e. The molecular formula is C11H12N4O2S. The first-order chi connectivity index (χ1) is 8.83. The molecule has 2 aromatic rings. The maximum atomic E-state index is 11.8. The van der Waals surface area contributed by atoms with Crippen LogP contribution in [0.4, 0.5) is 5.13 Å². The van der Waals surface area contributed by atoms with Crippen molar-refractivity contribution < 1.29 is 9.32 Å². The van der Waals surface area contributed by atoms with Crippen molar-refractivity contribution >= 4 is 22.4 Å². The molecule has 3 rings (SSSR count). The number of nitrogens with zero attached hydrogens (tertiary/aromatic N) is 3. The Morgan fingerprint density at radius 2 is 2.50 bits per heavy atom. The van der Waals surface area contributed by atoms with Crippen molar-refractivity contribution in [3.05, 3.63) is 29.6 Å². The average molecular weight is 264 g/mol. The number of hydrogen-bond acceptors (Lipinski definition) is 6. The number of rotatable bonds is 3. The van der Waals surface area contributed by atoms with Gasteiger partial charge in [-0.1, -0.05) is 5.16 Å². The van der Waals surface area contributed by atoms with Crippen LogP contribution in [0.25, 0.3) is 0 Å². The summed E-state index contributed by atoms with van der Waals surface area (Å²) in [6, 6.07) is 1.69. The van der Waals surface area contributed by atoms with Crippen LogP contribution in [0.1, 0.15) is 17.0 Å². The molecule has 0 radical (unpaired) electrons. The van der Waals surface area contributed by atoms with Gasteiger partial charge in [-0.15, -0.1) is 11.3 Å². The van der Waals surface area contributed by atoms with Gasteiger partial charge in [-0.05, 0) is 6.42 Å². The highest BCUT2D eigenvalue weighted by atomic mass is 32.1. The largest absolute Gasteiger partial charge is 0.351 e. The molecule has 2 aromatic heterocycles. The van der Waals surface area contributed by atoms with Crippen LogP contribution in [0.15, 0.2) is 28.4 Å².